The molecule has 0 aliphatic rings. The first kappa shape index (κ1) is 5.12. The molecule has 0 atom stereocenters. The Morgan fingerprint density at radius 1 is 1.07 bits per heavy atom. The third-order valence-corrected chi connectivity index (χ3v) is 1.77. The van der Waals surface area contributed by atoms with Gasteiger partial charge in [-0.05, 0) is 12.1 Å². The van der Waals surface area contributed by atoms with Crippen molar-refractivity contribution in [3.05, 3.63) is 71.3 Å². The van der Waals surface area contributed by atoms with Gasteiger partial charge in [-0.15, -0.1) is 0 Å². The molecule has 2 aromatic rings. The van der Waals surface area contributed by atoms with Crippen LogP contribution in [0.5, 0.6) is 0 Å². The molecule has 0 heterocycles. The normalized spacial score (nSPS) is 16.0. The van der Waals surface area contributed by atoms with Gasteiger partial charge >= 0.3 is 0 Å². The first-order valence-corrected chi connectivity index (χ1v) is 4.36. The Bertz CT molecular complexity index is 656. The van der Waals surface area contributed by atoms with Gasteiger partial charge in [0.2, 0.25) is 5.69 Å². The van der Waals surface area contributed by atoms with Crippen LogP contribution in [0.3, 0.4) is 0 Å². The zero-order valence-electron chi connectivity index (χ0n) is 12.8. The van der Waals surface area contributed by atoms with Crippen molar-refractivity contribution < 1.29 is 11.6 Å². The lowest BCUT2D eigenvalue weighted by Gasteiger charge is -2.01. The maximum atomic E-state index is 12.1. The molecule has 2 aromatic carbocycles. The van der Waals surface area contributed by atoms with E-state index in [1.807, 2.05) is 0 Å². The molecule has 15 heavy (non-hydrogen) atoms. The quantitative estimate of drug-likeness (QED) is 0.318. The average molecular weight is 202 g/mol. The molecule has 0 aromatic heterocycles. The molecule has 0 aliphatic heterocycles. The van der Waals surface area contributed by atoms with Gasteiger partial charge in [-0.25, -0.2) is 0 Å². The summed E-state index contributed by atoms with van der Waals surface area (Å²) in [4.78, 5) is 0. The molecule has 0 radical (unpaired) electrons. The summed E-state index contributed by atoms with van der Waals surface area (Å²) < 4.78 is 38.2. The maximum Gasteiger partial charge on any atom is 0.216 e. The van der Waals surface area contributed by atoms with Gasteiger partial charge in [0.1, 0.15) is 0 Å². The standard InChI is InChI=1S/C13H11NO/c15-14(13-9-5-2-6-10-13)11-12-7-3-1-4-8-12/h1-11H/b14-11-/i2D,5D,6D,9D,10D. The average Bonchev–Trinajstić information content (AvgIpc) is 2.44. The molecule has 2 heteroatoms. The number of hydrogen-bond donors (Lipinski definition) is 0. The largest absolute Gasteiger partial charge is 0.618 e. The Hall–Kier alpha value is -2.09. The van der Waals surface area contributed by atoms with Crippen LogP contribution in [0.1, 0.15) is 12.4 Å². The predicted molar refractivity (Wildman–Crippen MR) is 61.3 cm³/mol. The van der Waals surface area contributed by atoms with E-state index in [4.69, 9.17) is 6.85 Å². The molecule has 0 fully saturated rings. The molecule has 0 N–H and O–H groups in total. The first-order valence-electron chi connectivity index (χ1n) is 6.86. The summed E-state index contributed by atoms with van der Waals surface area (Å²) in [5.74, 6) is 0. The molecule has 2 rings (SSSR count). The van der Waals surface area contributed by atoms with Crippen LogP contribution >= 0.6 is 0 Å². The van der Waals surface area contributed by atoms with Crippen molar-refractivity contribution in [1.82, 2.24) is 0 Å². The maximum absolute atomic E-state index is 12.1. The third kappa shape index (κ3) is 2.44. The van der Waals surface area contributed by atoms with E-state index < -0.39 is 30.2 Å². The van der Waals surface area contributed by atoms with Gasteiger partial charge in [-0.2, -0.15) is 4.74 Å². The molecule has 74 valence electrons. The molecule has 0 spiro atoms. The second-order valence-corrected chi connectivity index (χ2v) is 2.84. The minimum Gasteiger partial charge on any atom is -0.618 e. The van der Waals surface area contributed by atoms with E-state index in [9.17, 15) is 5.21 Å². The fraction of sp³-hybridized carbons (Fsp3) is 0. The molecule has 0 amide bonds. The summed E-state index contributed by atoms with van der Waals surface area (Å²) in [7, 11) is 0. The second kappa shape index (κ2) is 4.42. The van der Waals surface area contributed by atoms with Gasteiger partial charge in [-0.3, -0.25) is 0 Å². The Balaban J connectivity index is 2.62. The van der Waals surface area contributed by atoms with Crippen molar-refractivity contribution in [2.45, 2.75) is 0 Å². The topological polar surface area (TPSA) is 26.1 Å². The fourth-order valence-corrected chi connectivity index (χ4v) is 1.09. The molecule has 0 bridgehead atoms. The number of nitrogens with zero attached hydrogens (tertiary/aromatic N) is 1. The van der Waals surface area contributed by atoms with Crippen LogP contribution in [-0.2, 0) is 0 Å². The summed E-state index contributed by atoms with van der Waals surface area (Å²) in [6.07, 6.45) is 1.17. The summed E-state index contributed by atoms with van der Waals surface area (Å²) in [5.41, 5.74) is 0.189. The predicted octanol–water partition coefficient (Wildman–Crippen LogP) is 2.95. The number of hydrogen-bond acceptors (Lipinski definition) is 1. The molecule has 0 saturated heterocycles. The van der Waals surface area contributed by atoms with Crippen molar-refractivity contribution in [1.29, 1.82) is 0 Å². The smallest absolute Gasteiger partial charge is 0.216 e. The monoisotopic (exact) mass is 202 g/mol. The lowest BCUT2D eigenvalue weighted by molar-refractivity contribution is -0.354. The van der Waals surface area contributed by atoms with E-state index >= 15 is 0 Å². The second-order valence-electron chi connectivity index (χ2n) is 2.84. The van der Waals surface area contributed by atoms with Crippen LogP contribution in [0.15, 0.2) is 60.5 Å². The van der Waals surface area contributed by atoms with Crippen LogP contribution in [-0.4, -0.2) is 11.0 Å². The van der Waals surface area contributed by atoms with Gasteiger partial charge in [-0.1, -0.05) is 36.3 Å². The minimum absolute atomic E-state index is 0.301. The highest BCUT2D eigenvalue weighted by molar-refractivity contribution is 5.76. The number of benzene rings is 2. The fourth-order valence-electron chi connectivity index (χ4n) is 1.09. The van der Waals surface area contributed by atoms with E-state index in [1.54, 1.807) is 30.3 Å². The minimum atomic E-state index is -0.525. The third-order valence-electron chi connectivity index (χ3n) is 1.77. The molecular weight excluding hydrogens is 186 g/mol. The van der Waals surface area contributed by atoms with Gasteiger partial charge < -0.3 is 5.21 Å². The van der Waals surface area contributed by atoms with Gasteiger partial charge in [0.25, 0.3) is 0 Å². The van der Waals surface area contributed by atoms with Crippen molar-refractivity contribution in [2.24, 2.45) is 0 Å². The van der Waals surface area contributed by atoms with E-state index in [0.29, 0.717) is 10.3 Å². The van der Waals surface area contributed by atoms with Crippen molar-refractivity contribution in [3.8, 4) is 0 Å². The number of para-hydroxylation sites is 1. The van der Waals surface area contributed by atoms with Gasteiger partial charge in [0.05, 0.1) is 6.85 Å². The Kier molecular flexibility index (Phi) is 1.51. The number of rotatable bonds is 2. The van der Waals surface area contributed by atoms with E-state index in [2.05, 4.69) is 0 Å². The SMILES string of the molecule is [2H]c1c([2H])c([2H])c(/[N+]([O-])=C/c2ccccc2)c([2H])c1[2H]. The first-order chi connectivity index (χ1) is 9.43. The Morgan fingerprint density at radius 2 is 1.73 bits per heavy atom. The molecule has 0 saturated carbocycles. The van der Waals surface area contributed by atoms with E-state index in [1.165, 1.54) is 6.21 Å². The summed E-state index contributed by atoms with van der Waals surface area (Å²) in [6.45, 7) is 0. The molecule has 2 nitrogen and oxygen atoms in total. The van der Waals surface area contributed by atoms with Crippen molar-refractivity contribution in [2.75, 3.05) is 0 Å². The van der Waals surface area contributed by atoms with Crippen LogP contribution in [0.2, 0.25) is 0 Å². The zero-order chi connectivity index (χ0) is 14.9. The van der Waals surface area contributed by atoms with Crippen molar-refractivity contribution >= 4 is 11.9 Å². The van der Waals surface area contributed by atoms with Crippen LogP contribution in [0.25, 0.3) is 0 Å². The van der Waals surface area contributed by atoms with Crippen LogP contribution < -0.4 is 0 Å². The molecule has 0 unspecified atom stereocenters. The Morgan fingerprint density at radius 3 is 2.40 bits per heavy atom. The zero-order valence-corrected chi connectivity index (χ0v) is 7.82. The van der Waals surface area contributed by atoms with Gasteiger partial charge in [0.15, 0.2) is 6.21 Å². The van der Waals surface area contributed by atoms with Crippen molar-refractivity contribution in [3.63, 3.8) is 0 Å². The highest BCUT2D eigenvalue weighted by Gasteiger charge is 1.98. The lowest BCUT2D eigenvalue weighted by Crippen LogP contribution is -1.97. The van der Waals surface area contributed by atoms with Gasteiger partial charge in [0, 0.05) is 17.6 Å². The van der Waals surface area contributed by atoms with E-state index in [-0.39, 0.29) is 5.69 Å². The molecular formula is C13H11NO. The highest BCUT2D eigenvalue weighted by atomic mass is 16.5. The van der Waals surface area contributed by atoms with Crippen LogP contribution in [0.4, 0.5) is 5.69 Å². The lowest BCUT2D eigenvalue weighted by atomic mass is 10.2. The summed E-state index contributed by atoms with van der Waals surface area (Å²) in [6, 6.07) is 6.03. The summed E-state index contributed by atoms with van der Waals surface area (Å²) in [5, 5.41) is 12.1. The Labute approximate surface area is 95.7 Å². The molecule has 0 aliphatic carbocycles. The summed E-state index contributed by atoms with van der Waals surface area (Å²) >= 11 is 0. The van der Waals surface area contributed by atoms with Crippen LogP contribution in [0, 0.1) is 5.21 Å². The highest BCUT2D eigenvalue weighted by Crippen LogP contribution is 2.09. The van der Waals surface area contributed by atoms with E-state index in [0.717, 1.165) is 0 Å².